The summed E-state index contributed by atoms with van der Waals surface area (Å²) in [5, 5.41) is 1.72. The summed E-state index contributed by atoms with van der Waals surface area (Å²) >= 11 is 1.19. The van der Waals surface area contributed by atoms with Crippen LogP contribution in [0.5, 0.6) is 0 Å². The Kier molecular flexibility index (Phi) is 3.10. The van der Waals surface area contributed by atoms with E-state index in [-0.39, 0.29) is 5.82 Å². The minimum absolute atomic E-state index is 0.326. The van der Waals surface area contributed by atoms with E-state index >= 15 is 0 Å². The van der Waals surface area contributed by atoms with Gasteiger partial charge in [-0.1, -0.05) is 12.1 Å². The van der Waals surface area contributed by atoms with Gasteiger partial charge in [-0.15, -0.1) is 11.3 Å². The number of esters is 1. The molecule has 0 spiro atoms. The fourth-order valence-corrected chi connectivity index (χ4v) is 2.41. The second kappa shape index (κ2) is 4.55. The molecule has 2 N–H and O–H groups in total. The van der Waals surface area contributed by atoms with Crippen molar-refractivity contribution in [1.29, 1.82) is 0 Å². The van der Waals surface area contributed by atoms with Crippen LogP contribution in [0.25, 0.3) is 11.1 Å². The number of nitrogen functional groups attached to an aromatic ring is 1. The normalized spacial score (nSPS) is 10.2. The molecule has 0 fully saturated rings. The van der Waals surface area contributed by atoms with Gasteiger partial charge in [0.05, 0.1) is 12.8 Å². The summed E-state index contributed by atoms with van der Waals surface area (Å²) in [5.41, 5.74) is 7.47. The maximum Gasteiger partial charge on any atom is 0.350 e. The van der Waals surface area contributed by atoms with Crippen LogP contribution in [0.4, 0.5) is 10.1 Å². The van der Waals surface area contributed by atoms with Crippen LogP contribution in [-0.4, -0.2) is 13.1 Å². The van der Waals surface area contributed by atoms with Gasteiger partial charge in [-0.2, -0.15) is 0 Å². The molecule has 0 saturated heterocycles. The first kappa shape index (κ1) is 11.6. The molecule has 1 aromatic carbocycles. The molecule has 0 aliphatic carbocycles. The van der Waals surface area contributed by atoms with Crippen LogP contribution < -0.4 is 5.73 Å². The van der Waals surface area contributed by atoms with Crippen LogP contribution in [0.1, 0.15) is 9.67 Å². The van der Waals surface area contributed by atoms with Gasteiger partial charge in [0.1, 0.15) is 10.7 Å². The number of nitrogens with two attached hydrogens (primary N) is 1. The molecule has 2 aromatic rings. The number of carbonyl (C=O) groups is 1. The largest absolute Gasteiger partial charge is 0.465 e. The van der Waals surface area contributed by atoms with Crippen molar-refractivity contribution >= 4 is 23.0 Å². The minimum atomic E-state index is -0.477. The van der Waals surface area contributed by atoms with Gasteiger partial charge < -0.3 is 10.5 Å². The summed E-state index contributed by atoms with van der Waals surface area (Å²) in [6.07, 6.45) is 0. The Labute approximate surface area is 102 Å². The van der Waals surface area contributed by atoms with E-state index in [9.17, 15) is 9.18 Å². The van der Waals surface area contributed by atoms with Crippen molar-refractivity contribution in [1.82, 2.24) is 0 Å². The van der Waals surface area contributed by atoms with Crippen molar-refractivity contribution in [3.05, 3.63) is 40.3 Å². The molecule has 5 heteroatoms. The van der Waals surface area contributed by atoms with Crippen LogP contribution in [0.3, 0.4) is 0 Å². The van der Waals surface area contributed by atoms with Crippen molar-refractivity contribution in [2.45, 2.75) is 0 Å². The predicted octanol–water partition coefficient (Wildman–Crippen LogP) is 2.92. The maximum atomic E-state index is 13.1. The summed E-state index contributed by atoms with van der Waals surface area (Å²) < 4.78 is 17.7. The van der Waals surface area contributed by atoms with Crippen LogP contribution in [0, 0.1) is 5.82 Å². The number of thiophene rings is 1. The molecule has 17 heavy (non-hydrogen) atoms. The summed E-state index contributed by atoms with van der Waals surface area (Å²) in [5.74, 6) is -0.817. The molecule has 1 heterocycles. The third-order valence-corrected chi connectivity index (χ3v) is 3.31. The fourth-order valence-electron chi connectivity index (χ4n) is 1.50. The number of methoxy groups -OCH3 is 1. The highest BCUT2D eigenvalue weighted by molar-refractivity contribution is 7.13. The smallest absolute Gasteiger partial charge is 0.350 e. The minimum Gasteiger partial charge on any atom is -0.465 e. The standard InChI is InChI=1S/C12H10FNO2S/c1-16-12(15)11-10(14)9(6-17-11)7-3-2-4-8(13)5-7/h2-6H,14H2,1H3. The first-order valence-corrected chi connectivity index (χ1v) is 5.72. The average molecular weight is 251 g/mol. The van der Waals surface area contributed by atoms with Crippen molar-refractivity contribution in [2.75, 3.05) is 12.8 Å². The quantitative estimate of drug-likeness (QED) is 0.835. The Morgan fingerprint density at radius 1 is 1.47 bits per heavy atom. The molecule has 2 rings (SSSR count). The van der Waals surface area contributed by atoms with E-state index in [1.165, 1.54) is 30.6 Å². The molecule has 0 atom stereocenters. The number of ether oxygens (including phenoxy) is 1. The van der Waals surface area contributed by atoms with Gasteiger partial charge in [0.15, 0.2) is 0 Å². The second-order valence-electron chi connectivity index (χ2n) is 3.39. The Balaban J connectivity index is 2.48. The first-order valence-electron chi connectivity index (χ1n) is 4.84. The second-order valence-corrected chi connectivity index (χ2v) is 4.27. The molecule has 0 unspecified atom stereocenters. The van der Waals surface area contributed by atoms with Crippen LogP contribution >= 0.6 is 11.3 Å². The number of carbonyl (C=O) groups excluding carboxylic acids is 1. The molecule has 3 nitrogen and oxygen atoms in total. The Morgan fingerprint density at radius 3 is 2.88 bits per heavy atom. The highest BCUT2D eigenvalue weighted by Crippen LogP contribution is 2.34. The van der Waals surface area contributed by atoms with Crippen molar-refractivity contribution < 1.29 is 13.9 Å². The number of rotatable bonds is 2. The third-order valence-electron chi connectivity index (χ3n) is 2.34. The van der Waals surface area contributed by atoms with E-state index in [1.807, 2.05) is 0 Å². The lowest BCUT2D eigenvalue weighted by atomic mass is 10.1. The average Bonchev–Trinajstić information content (AvgIpc) is 2.70. The lowest BCUT2D eigenvalue weighted by Gasteiger charge is -2.01. The van der Waals surface area contributed by atoms with Gasteiger partial charge in [-0.05, 0) is 17.7 Å². The summed E-state index contributed by atoms with van der Waals surface area (Å²) in [4.78, 5) is 11.7. The summed E-state index contributed by atoms with van der Waals surface area (Å²) in [6, 6.07) is 6.06. The predicted molar refractivity (Wildman–Crippen MR) is 65.5 cm³/mol. The zero-order valence-corrected chi connectivity index (χ0v) is 9.88. The van der Waals surface area contributed by atoms with E-state index < -0.39 is 5.97 Å². The molecular formula is C12H10FNO2S. The number of benzene rings is 1. The first-order chi connectivity index (χ1) is 8.13. The highest BCUT2D eigenvalue weighted by atomic mass is 32.1. The Morgan fingerprint density at radius 2 is 2.24 bits per heavy atom. The molecule has 0 aliphatic rings. The molecule has 0 saturated carbocycles. The molecular weight excluding hydrogens is 241 g/mol. The molecule has 0 bridgehead atoms. The van der Waals surface area contributed by atoms with Gasteiger partial charge in [0.2, 0.25) is 0 Å². The number of halogens is 1. The summed E-state index contributed by atoms with van der Waals surface area (Å²) in [7, 11) is 1.29. The van der Waals surface area contributed by atoms with Crippen molar-refractivity contribution in [3.63, 3.8) is 0 Å². The topological polar surface area (TPSA) is 52.3 Å². The molecule has 0 aliphatic heterocycles. The summed E-state index contributed by atoms with van der Waals surface area (Å²) in [6.45, 7) is 0. The lowest BCUT2D eigenvalue weighted by Crippen LogP contribution is -2.02. The van der Waals surface area contributed by atoms with E-state index in [0.717, 1.165) is 0 Å². The Bertz CT molecular complexity index is 565. The van der Waals surface area contributed by atoms with Gasteiger partial charge in [-0.3, -0.25) is 0 Å². The molecule has 0 radical (unpaired) electrons. The van der Waals surface area contributed by atoms with Gasteiger partial charge in [0.25, 0.3) is 0 Å². The zero-order valence-electron chi connectivity index (χ0n) is 9.07. The van der Waals surface area contributed by atoms with Gasteiger partial charge >= 0.3 is 5.97 Å². The van der Waals surface area contributed by atoms with E-state index in [1.54, 1.807) is 17.5 Å². The number of anilines is 1. The number of hydrogen-bond acceptors (Lipinski definition) is 4. The van der Waals surface area contributed by atoms with Crippen molar-refractivity contribution in [2.24, 2.45) is 0 Å². The molecule has 1 aromatic heterocycles. The van der Waals surface area contributed by atoms with Crippen LogP contribution in [-0.2, 0) is 4.74 Å². The van der Waals surface area contributed by atoms with Crippen LogP contribution in [0.2, 0.25) is 0 Å². The fraction of sp³-hybridized carbons (Fsp3) is 0.0833. The van der Waals surface area contributed by atoms with Gasteiger partial charge in [0, 0.05) is 10.9 Å². The van der Waals surface area contributed by atoms with E-state index in [4.69, 9.17) is 5.73 Å². The van der Waals surface area contributed by atoms with E-state index in [2.05, 4.69) is 4.74 Å². The lowest BCUT2D eigenvalue weighted by molar-refractivity contribution is 0.0607. The SMILES string of the molecule is COC(=O)c1scc(-c2cccc(F)c2)c1N. The molecule has 0 amide bonds. The van der Waals surface area contributed by atoms with Crippen molar-refractivity contribution in [3.8, 4) is 11.1 Å². The zero-order chi connectivity index (χ0) is 12.4. The van der Waals surface area contributed by atoms with Crippen LogP contribution in [0.15, 0.2) is 29.6 Å². The van der Waals surface area contributed by atoms with E-state index in [0.29, 0.717) is 21.7 Å². The third kappa shape index (κ3) is 2.14. The molecule has 88 valence electrons. The Hall–Kier alpha value is -1.88. The number of hydrogen-bond donors (Lipinski definition) is 1. The monoisotopic (exact) mass is 251 g/mol. The maximum absolute atomic E-state index is 13.1. The highest BCUT2D eigenvalue weighted by Gasteiger charge is 2.17. The van der Waals surface area contributed by atoms with Gasteiger partial charge in [-0.25, -0.2) is 9.18 Å².